The van der Waals surface area contributed by atoms with Crippen molar-refractivity contribution in [2.75, 3.05) is 50.7 Å². The fourth-order valence-corrected chi connectivity index (χ4v) is 3.64. The van der Waals surface area contributed by atoms with Crippen LogP contribution in [0.1, 0.15) is 25.7 Å². The zero-order chi connectivity index (χ0) is 18.4. The number of halogens is 1. The van der Waals surface area contributed by atoms with E-state index in [1.54, 1.807) is 0 Å². The number of benzene rings is 1. The van der Waals surface area contributed by atoms with Gasteiger partial charge in [0.15, 0.2) is 5.96 Å². The standard InChI is InChI=1S/C19H28ClN5O/c20-16-5-7-17(8-6-16)23-11-13-24(14-12-23)18(26)15-22-19(21)25-9-3-1-2-4-10-25/h5-8H,1-4,9-15H2,(H2,21,22). The summed E-state index contributed by atoms with van der Waals surface area (Å²) in [7, 11) is 0. The number of anilines is 1. The predicted octanol–water partition coefficient (Wildman–Crippen LogP) is 2.18. The number of hydrogen-bond acceptors (Lipinski definition) is 3. The molecule has 0 aliphatic carbocycles. The number of carbonyl (C=O) groups is 1. The predicted molar refractivity (Wildman–Crippen MR) is 107 cm³/mol. The molecule has 0 bridgehead atoms. The van der Waals surface area contributed by atoms with Gasteiger partial charge in [-0.1, -0.05) is 24.4 Å². The van der Waals surface area contributed by atoms with Crippen molar-refractivity contribution >= 4 is 29.2 Å². The lowest BCUT2D eigenvalue weighted by atomic mass is 10.2. The summed E-state index contributed by atoms with van der Waals surface area (Å²) in [5, 5.41) is 0.738. The number of guanidine groups is 1. The summed E-state index contributed by atoms with van der Waals surface area (Å²) >= 11 is 5.94. The first kappa shape index (κ1) is 18.8. The topological polar surface area (TPSA) is 65.2 Å². The van der Waals surface area contributed by atoms with Gasteiger partial charge in [-0.15, -0.1) is 0 Å². The molecule has 2 aliphatic rings. The molecule has 0 spiro atoms. The molecule has 3 rings (SSSR count). The van der Waals surface area contributed by atoms with Crippen molar-refractivity contribution in [3.05, 3.63) is 29.3 Å². The van der Waals surface area contributed by atoms with Crippen LogP contribution in [-0.4, -0.2) is 67.5 Å². The summed E-state index contributed by atoms with van der Waals surface area (Å²) in [6, 6.07) is 7.83. The number of piperazine rings is 1. The van der Waals surface area contributed by atoms with E-state index < -0.39 is 0 Å². The summed E-state index contributed by atoms with van der Waals surface area (Å²) in [6.45, 7) is 5.09. The highest BCUT2D eigenvalue weighted by atomic mass is 35.5. The highest BCUT2D eigenvalue weighted by Crippen LogP contribution is 2.19. The molecule has 142 valence electrons. The van der Waals surface area contributed by atoms with Crippen LogP contribution in [0.15, 0.2) is 29.3 Å². The van der Waals surface area contributed by atoms with Gasteiger partial charge in [-0.2, -0.15) is 0 Å². The second kappa shape index (κ2) is 9.12. The minimum atomic E-state index is 0.0542. The Morgan fingerprint density at radius 1 is 0.923 bits per heavy atom. The quantitative estimate of drug-likeness (QED) is 0.647. The maximum absolute atomic E-state index is 12.4. The molecule has 6 nitrogen and oxygen atoms in total. The van der Waals surface area contributed by atoms with E-state index in [0.717, 1.165) is 49.7 Å². The van der Waals surface area contributed by atoms with E-state index in [1.165, 1.54) is 12.8 Å². The number of nitrogens with two attached hydrogens (primary N) is 1. The number of nitrogens with zero attached hydrogens (tertiary/aromatic N) is 4. The summed E-state index contributed by atoms with van der Waals surface area (Å²) in [5.74, 6) is 0.568. The molecular formula is C19H28ClN5O. The van der Waals surface area contributed by atoms with Gasteiger partial charge in [-0.05, 0) is 37.1 Å². The normalized spacial score (nSPS) is 19.4. The Labute approximate surface area is 160 Å². The van der Waals surface area contributed by atoms with E-state index in [2.05, 4.69) is 14.8 Å². The van der Waals surface area contributed by atoms with Gasteiger partial charge in [0, 0.05) is 50.0 Å². The molecule has 0 saturated carbocycles. The Balaban J connectivity index is 1.47. The SMILES string of the molecule is NC(=NCC(=O)N1CCN(c2ccc(Cl)cc2)CC1)N1CCCCCC1. The van der Waals surface area contributed by atoms with Gasteiger partial charge in [-0.3, -0.25) is 4.79 Å². The monoisotopic (exact) mass is 377 g/mol. The third-order valence-corrected chi connectivity index (χ3v) is 5.38. The van der Waals surface area contributed by atoms with Gasteiger partial charge in [0.1, 0.15) is 6.54 Å². The molecule has 26 heavy (non-hydrogen) atoms. The number of amides is 1. The Kier molecular flexibility index (Phi) is 6.61. The molecule has 2 heterocycles. The van der Waals surface area contributed by atoms with Crippen LogP contribution in [0, 0.1) is 0 Å². The molecule has 1 aromatic rings. The minimum absolute atomic E-state index is 0.0542. The molecule has 0 aromatic heterocycles. The molecule has 2 fully saturated rings. The van der Waals surface area contributed by atoms with Crippen LogP contribution >= 0.6 is 11.6 Å². The molecular weight excluding hydrogens is 350 g/mol. The van der Waals surface area contributed by atoms with Gasteiger partial charge in [-0.25, -0.2) is 4.99 Å². The first-order valence-electron chi connectivity index (χ1n) is 9.46. The zero-order valence-electron chi connectivity index (χ0n) is 15.2. The van der Waals surface area contributed by atoms with Crippen molar-refractivity contribution in [1.29, 1.82) is 0 Å². The summed E-state index contributed by atoms with van der Waals surface area (Å²) in [4.78, 5) is 23.1. The van der Waals surface area contributed by atoms with Crippen molar-refractivity contribution in [3.8, 4) is 0 Å². The van der Waals surface area contributed by atoms with Crippen LogP contribution < -0.4 is 10.6 Å². The Bertz CT molecular complexity index is 617. The molecule has 2 saturated heterocycles. The molecule has 0 radical (unpaired) electrons. The minimum Gasteiger partial charge on any atom is -0.370 e. The zero-order valence-corrected chi connectivity index (χ0v) is 16.0. The Hall–Kier alpha value is -1.95. The lowest BCUT2D eigenvalue weighted by Crippen LogP contribution is -2.49. The third-order valence-electron chi connectivity index (χ3n) is 5.13. The van der Waals surface area contributed by atoms with Crippen molar-refractivity contribution < 1.29 is 4.79 Å². The van der Waals surface area contributed by atoms with Crippen LogP contribution in [-0.2, 0) is 4.79 Å². The smallest absolute Gasteiger partial charge is 0.244 e. The molecule has 0 atom stereocenters. The summed E-state index contributed by atoms with van der Waals surface area (Å²) in [6.07, 6.45) is 4.80. The number of aliphatic imine (C=N–C) groups is 1. The Morgan fingerprint density at radius 3 is 2.15 bits per heavy atom. The van der Waals surface area contributed by atoms with Gasteiger partial charge < -0.3 is 20.4 Å². The van der Waals surface area contributed by atoms with Crippen LogP contribution in [0.25, 0.3) is 0 Å². The molecule has 1 aromatic carbocycles. The number of rotatable bonds is 3. The van der Waals surface area contributed by atoms with Crippen LogP contribution in [0.3, 0.4) is 0 Å². The second-order valence-corrected chi connectivity index (χ2v) is 7.36. The average molecular weight is 378 g/mol. The van der Waals surface area contributed by atoms with Gasteiger partial charge >= 0.3 is 0 Å². The fourth-order valence-electron chi connectivity index (χ4n) is 3.51. The first-order valence-corrected chi connectivity index (χ1v) is 9.84. The van der Waals surface area contributed by atoms with Crippen molar-refractivity contribution in [2.24, 2.45) is 10.7 Å². The van der Waals surface area contributed by atoms with E-state index in [0.29, 0.717) is 19.0 Å². The van der Waals surface area contributed by atoms with E-state index >= 15 is 0 Å². The third kappa shape index (κ3) is 5.04. The van der Waals surface area contributed by atoms with Crippen LogP contribution in [0.5, 0.6) is 0 Å². The highest BCUT2D eigenvalue weighted by molar-refractivity contribution is 6.30. The second-order valence-electron chi connectivity index (χ2n) is 6.92. The van der Waals surface area contributed by atoms with E-state index in [-0.39, 0.29) is 12.5 Å². The van der Waals surface area contributed by atoms with Crippen molar-refractivity contribution in [2.45, 2.75) is 25.7 Å². The lowest BCUT2D eigenvalue weighted by molar-refractivity contribution is -0.129. The maximum Gasteiger partial charge on any atom is 0.244 e. The van der Waals surface area contributed by atoms with Gasteiger partial charge in [0.2, 0.25) is 5.91 Å². The summed E-state index contributed by atoms with van der Waals surface area (Å²) < 4.78 is 0. The number of likely N-dealkylation sites (tertiary alicyclic amines) is 1. The molecule has 7 heteroatoms. The highest BCUT2D eigenvalue weighted by Gasteiger charge is 2.21. The molecule has 0 unspecified atom stereocenters. The van der Waals surface area contributed by atoms with E-state index in [9.17, 15) is 4.79 Å². The van der Waals surface area contributed by atoms with Gasteiger partial charge in [0.05, 0.1) is 0 Å². The molecule has 2 aliphatic heterocycles. The van der Waals surface area contributed by atoms with E-state index in [4.69, 9.17) is 17.3 Å². The fraction of sp³-hybridized carbons (Fsp3) is 0.579. The van der Waals surface area contributed by atoms with Crippen LogP contribution in [0.4, 0.5) is 5.69 Å². The maximum atomic E-state index is 12.4. The average Bonchev–Trinajstić information content (AvgIpc) is 2.96. The van der Waals surface area contributed by atoms with E-state index in [1.807, 2.05) is 29.2 Å². The lowest BCUT2D eigenvalue weighted by Gasteiger charge is -2.36. The van der Waals surface area contributed by atoms with Crippen molar-refractivity contribution in [1.82, 2.24) is 9.80 Å². The molecule has 1 amide bonds. The van der Waals surface area contributed by atoms with Crippen molar-refractivity contribution in [3.63, 3.8) is 0 Å². The largest absolute Gasteiger partial charge is 0.370 e. The summed E-state index contributed by atoms with van der Waals surface area (Å²) in [5.41, 5.74) is 7.24. The molecule has 2 N–H and O–H groups in total. The first-order chi connectivity index (χ1) is 12.6. The van der Waals surface area contributed by atoms with Crippen LogP contribution in [0.2, 0.25) is 5.02 Å². The number of hydrogen-bond donors (Lipinski definition) is 1. The number of carbonyl (C=O) groups excluding carboxylic acids is 1. The van der Waals surface area contributed by atoms with Gasteiger partial charge in [0.25, 0.3) is 0 Å². The Morgan fingerprint density at radius 2 is 1.54 bits per heavy atom.